The number of carbonyl (C=O) groups excluding carboxylic acids is 7. The van der Waals surface area contributed by atoms with Crippen molar-refractivity contribution in [2.75, 3.05) is 24.7 Å². The first-order valence-electron chi connectivity index (χ1n) is 34.4. The van der Waals surface area contributed by atoms with Crippen LogP contribution in [0.25, 0.3) is 11.1 Å². The first kappa shape index (κ1) is 76.6. The third-order valence-corrected chi connectivity index (χ3v) is 17.2. The molecule has 90 heavy (non-hydrogen) atoms. The van der Waals surface area contributed by atoms with Crippen molar-refractivity contribution in [3.8, 4) is 11.1 Å². The van der Waals surface area contributed by atoms with Gasteiger partial charge in [0.25, 0.3) is 5.91 Å². The van der Waals surface area contributed by atoms with E-state index in [1.54, 1.807) is 65.8 Å². The Morgan fingerprint density at radius 1 is 0.489 bits per heavy atom. The van der Waals surface area contributed by atoms with Gasteiger partial charge in [0.05, 0.1) is 0 Å². The summed E-state index contributed by atoms with van der Waals surface area (Å²) in [5.74, 6) is -2.96. The van der Waals surface area contributed by atoms with Gasteiger partial charge in [-0.05, 0) is 101 Å². The summed E-state index contributed by atoms with van der Waals surface area (Å²) < 4.78 is 28.7. The zero-order chi connectivity index (χ0) is 65.4. The molecule has 16 heteroatoms. The number of rotatable bonds is 47. The number of alkyl carbamates (subject to hydrolysis) is 1. The minimum atomic E-state index is -1.13. The summed E-state index contributed by atoms with van der Waals surface area (Å²) in [6.45, 7) is 14.8. The topological polar surface area (TPSA) is 202 Å². The van der Waals surface area contributed by atoms with Crippen LogP contribution >= 0.6 is 11.8 Å². The van der Waals surface area contributed by atoms with Crippen molar-refractivity contribution in [3.63, 3.8) is 0 Å². The molecule has 1 aliphatic carbocycles. The molecule has 3 N–H and O–H groups in total. The zero-order valence-electron chi connectivity index (χ0n) is 56.3. The Labute approximate surface area is 544 Å². The molecule has 3 aromatic rings. The Morgan fingerprint density at radius 2 is 0.956 bits per heavy atom. The molecule has 3 aromatic carbocycles. The lowest BCUT2D eigenvalue weighted by Crippen LogP contribution is -2.48. The van der Waals surface area contributed by atoms with Gasteiger partial charge in [0.1, 0.15) is 42.6 Å². The number of fused-ring (bicyclic) bond motifs is 3. The van der Waals surface area contributed by atoms with E-state index in [-0.39, 0.29) is 80.4 Å². The van der Waals surface area contributed by atoms with Crippen LogP contribution in [0.1, 0.15) is 281 Å². The van der Waals surface area contributed by atoms with Crippen LogP contribution in [0.4, 0.5) is 4.79 Å². The molecule has 0 bridgehead atoms. The van der Waals surface area contributed by atoms with Crippen LogP contribution in [-0.2, 0) is 54.2 Å². The van der Waals surface area contributed by atoms with Crippen molar-refractivity contribution < 1.29 is 57.2 Å². The van der Waals surface area contributed by atoms with Gasteiger partial charge >= 0.3 is 30.0 Å². The molecule has 0 aromatic heterocycles. The summed E-state index contributed by atoms with van der Waals surface area (Å²) in [4.78, 5) is 94.0. The fraction of sp³-hybridized carbons (Fsp3) is 0.662. The van der Waals surface area contributed by atoms with Crippen molar-refractivity contribution in [1.29, 1.82) is 0 Å². The first-order valence-corrected chi connectivity index (χ1v) is 35.6. The van der Waals surface area contributed by atoms with Gasteiger partial charge in [-0.2, -0.15) is 11.8 Å². The fourth-order valence-electron chi connectivity index (χ4n) is 11.1. The number of amides is 3. The predicted octanol–water partition coefficient (Wildman–Crippen LogP) is 16.9. The molecule has 0 unspecified atom stereocenters. The van der Waals surface area contributed by atoms with Gasteiger partial charge in [-0.15, -0.1) is 0 Å². The smallest absolute Gasteiger partial charge is 0.407 e. The summed E-state index contributed by atoms with van der Waals surface area (Å²) in [5, 5.41) is 8.45. The Bertz CT molecular complexity index is 2530. The highest BCUT2D eigenvalue weighted by Gasteiger charge is 2.32. The number of hydrogen-bond acceptors (Lipinski definition) is 13. The van der Waals surface area contributed by atoms with E-state index in [9.17, 15) is 33.6 Å². The number of thioether (sulfide) groups is 1. The van der Waals surface area contributed by atoms with Crippen molar-refractivity contribution in [2.45, 2.75) is 290 Å². The lowest BCUT2D eigenvalue weighted by molar-refractivity contribution is -0.158. The normalized spacial score (nSPS) is 13.1. The van der Waals surface area contributed by atoms with E-state index in [2.05, 4.69) is 41.9 Å². The van der Waals surface area contributed by atoms with Crippen molar-refractivity contribution in [2.24, 2.45) is 0 Å². The number of ether oxygens (including phenoxy) is 5. The molecule has 0 fully saturated rings. The predicted molar refractivity (Wildman–Crippen MR) is 361 cm³/mol. The summed E-state index contributed by atoms with van der Waals surface area (Å²) in [6.07, 6.45) is 29.8. The summed E-state index contributed by atoms with van der Waals surface area (Å²) in [6, 6.07) is 20.3. The van der Waals surface area contributed by atoms with Crippen molar-refractivity contribution in [1.82, 2.24) is 16.0 Å². The minimum Gasteiger partial charge on any atom is -0.462 e. The maximum Gasteiger partial charge on any atom is 0.407 e. The molecule has 3 atom stereocenters. The van der Waals surface area contributed by atoms with Crippen molar-refractivity contribution in [3.05, 3.63) is 95.1 Å². The molecule has 0 radical (unpaired) electrons. The van der Waals surface area contributed by atoms with Crippen LogP contribution in [0.5, 0.6) is 0 Å². The fourth-order valence-corrected chi connectivity index (χ4v) is 12.1. The third-order valence-electron chi connectivity index (χ3n) is 16.0. The standard InChI is InChI=1S/C74H113N3O12S/c1-9-11-13-15-17-19-21-23-25-27-29-31-33-43-66(78)85-52-58(87-67(79)44-34-32-30-28-26-24-22-20-18-16-14-12-10-2)54-90-55-65(77-72(84)86-53-63-61-41-37-35-39-59(61)60-40-36-38-42-62(60)63)70(82)75-51-56-45-47-57(48-46-56)69(81)76-64(71(83)89-74(6,7)8)49-50-68(80)88-73(3,4)5/h35-42,45-48,58,63-65H,9-34,43-44,49-55H2,1-8H3,(H,75,82)(H,76,81)(H,77,84)/t58-,64+,65+/m1/s1. The number of esters is 4. The lowest BCUT2D eigenvalue weighted by atomic mass is 9.98. The van der Waals surface area contributed by atoms with E-state index in [1.165, 1.54) is 127 Å². The molecule has 15 nitrogen and oxygen atoms in total. The minimum absolute atomic E-state index is 0.0271. The van der Waals surface area contributed by atoms with Gasteiger partial charge in [0.2, 0.25) is 5.91 Å². The van der Waals surface area contributed by atoms with Crippen molar-refractivity contribution >= 4 is 53.5 Å². The molecular formula is C74H113N3O12S. The monoisotopic (exact) mass is 1270 g/mol. The van der Waals surface area contributed by atoms with Gasteiger partial charge in [-0.1, -0.05) is 229 Å². The second kappa shape index (κ2) is 43.8. The van der Waals surface area contributed by atoms with Gasteiger partial charge in [-0.3, -0.25) is 24.0 Å². The van der Waals surface area contributed by atoms with Crippen LogP contribution in [-0.4, -0.2) is 95.9 Å². The molecule has 3 amide bonds. The number of unbranched alkanes of at least 4 members (excludes halogenated alkanes) is 24. The average molecular weight is 1270 g/mol. The van der Waals surface area contributed by atoms with E-state index in [4.69, 9.17) is 23.7 Å². The number of benzene rings is 3. The third kappa shape index (κ3) is 32.9. The number of hydrogen-bond donors (Lipinski definition) is 3. The van der Waals surface area contributed by atoms with E-state index in [0.29, 0.717) is 12.0 Å². The van der Waals surface area contributed by atoms with E-state index in [1.807, 2.05) is 36.4 Å². The second-order valence-corrected chi connectivity index (χ2v) is 27.5. The molecule has 0 saturated heterocycles. The Kier molecular flexibility index (Phi) is 37.2. The Hall–Kier alpha value is -5.90. The molecular weight excluding hydrogens is 1150 g/mol. The van der Waals surface area contributed by atoms with Crippen LogP contribution in [0.3, 0.4) is 0 Å². The Balaban J connectivity index is 1.39. The zero-order valence-corrected chi connectivity index (χ0v) is 57.1. The van der Waals surface area contributed by atoms with Crippen LogP contribution in [0.15, 0.2) is 72.8 Å². The van der Waals surface area contributed by atoms with Gasteiger partial charge in [0, 0.05) is 48.8 Å². The molecule has 0 saturated carbocycles. The highest BCUT2D eigenvalue weighted by atomic mass is 32.2. The maximum absolute atomic E-state index is 14.2. The summed E-state index contributed by atoms with van der Waals surface area (Å²) in [5.41, 5.74) is 3.54. The molecule has 0 heterocycles. The van der Waals surface area contributed by atoms with Gasteiger partial charge in [-0.25, -0.2) is 9.59 Å². The highest BCUT2D eigenvalue weighted by molar-refractivity contribution is 7.99. The first-order chi connectivity index (χ1) is 43.3. The molecule has 0 spiro atoms. The van der Waals surface area contributed by atoms with Gasteiger partial charge in [0.15, 0.2) is 0 Å². The molecule has 0 aliphatic heterocycles. The maximum atomic E-state index is 14.2. The molecule has 1 aliphatic rings. The van der Waals surface area contributed by atoms with Crippen LogP contribution in [0.2, 0.25) is 0 Å². The highest BCUT2D eigenvalue weighted by Crippen LogP contribution is 2.44. The summed E-state index contributed by atoms with van der Waals surface area (Å²) >= 11 is 1.28. The van der Waals surface area contributed by atoms with Gasteiger partial charge < -0.3 is 39.6 Å². The quantitative estimate of drug-likeness (QED) is 0.0274. The SMILES string of the molecule is CCCCCCCCCCCCCCCC(=O)OC[C@H](CSC[C@H](NC(=O)OCC1c2ccccc2-c2ccccc21)C(=O)NCc1ccc(C(=O)N[C@@H](CCC(=O)OC(C)(C)C)C(=O)OC(C)(C)C)cc1)OC(=O)CCCCCCCCCCCCCCC. The number of nitrogens with one attached hydrogen (secondary N) is 3. The summed E-state index contributed by atoms with van der Waals surface area (Å²) in [7, 11) is 0. The second-order valence-electron chi connectivity index (χ2n) is 26.4. The Morgan fingerprint density at radius 3 is 1.44 bits per heavy atom. The average Bonchev–Trinajstić information content (AvgIpc) is 1.63. The van der Waals surface area contributed by atoms with Crippen LogP contribution in [0, 0.1) is 0 Å². The lowest BCUT2D eigenvalue weighted by Gasteiger charge is -2.25. The van der Waals surface area contributed by atoms with Crippen LogP contribution < -0.4 is 16.0 Å². The van der Waals surface area contributed by atoms with E-state index >= 15 is 0 Å². The number of carbonyl (C=O) groups is 7. The molecule has 502 valence electrons. The van der Waals surface area contributed by atoms with E-state index < -0.39 is 59.2 Å². The largest absolute Gasteiger partial charge is 0.462 e. The van der Waals surface area contributed by atoms with E-state index in [0.717, 1.165) is 67.2 Å². The molecule has 4 rings (SSSR count).